The molecule has 1 aromatic carbocycles. The Kier molecular flexibility index (Phi) is 3.23. The maximum absolute atomic E-state index is 12.0. The van der Waals surface area contributed by atoms with Crippen LogP contribution >= 0.6 is 0 Å². The molecule has 17 heavy (non-hydrogen) atoms. The van der Waals surface area contributed by atoms with Crippen molar-refractivity contribution in [1.82, 2.24) is 5.32 Å². The number of rotatable bonds is 1. The van der Waals surface area contributed by atoms with Gasteiger partial charge in [0.2, 0.25) is 5.91 Å². The number of aryl methyl sites for hydroxylation is 2. The van der Waals surface area contributed by atoms with Crippen LogP contribution in [-0.2, 0) is 4.79 Å². The second-order valence-electron chi connectivity index (χ2n) is 5.16. The fraction of sp³-hybridized carbons (Fsp3) is 0.533. The van der Waals surface area contributed by atoms with Crippen LogP contribution in [0.15, 0.2) is 6.07 Å². The Morgan fingerprint density at radius 2 is 1.71 bits per heavy atom. The van der Waals surface area contributed by atoms with E-state index in [1.165, 1.54) is 27.8 Å². The lowest BCUT2D eigenvalue weighted by atomic mass is 9.82. The molecular formula is C15H21NO. The number of benzene rings is 1. The summed E-state index contributed by atoms with van der Waals surface area (Å²) in [6.45, 7) is 9.37. The lowest BCUT2D eigenvalue weighted by Gasteiger charge is -2.26. The van der Waals surface area contributed by atoms with Crippen LogP contribution in [0.2, 0.25) is 0 Å². The van der Waals surface area contributed by atoms with Crippen molar-refractivity contribution in [3.8, 4) is 0 Å². The van der Waals surface area contributed by atoms with E-state index in [4.69, 9.17) is 0 Å². The molecule has 0 radical (unpaired) electrons. The van der Waals surface area contributed by atoms with Gasteiger partial charge in [0.15, 0.2) is 0 Å². The first-order valence-corrected chi connectivity index (χ1v) is 6.37. The predicted octanol–water partition coefficient (Wildman–Crippen LogP) is 2.91. The lowest BCUT2D eigenvalue weighted by Crippen LogP contribution is -2.35. The van der Waals surface area contributed by atoms with E-state index in [-0.39, 0.29) is 11.8 Å². The summed E-state index contributed by atoms with van der Waals surface area (Å²) in [6, 6.07) is 2.22. The van der Waals surface area contributed by atoms with Crippen LogP contribution in [-0.4, -0.2) is 12.5 Å². The summed E-state index contributed by atoms with van der Waals surface area (Å²) < 4.78 is 0. The minimum atomic E-state index is 0.0577. The Balaban J connectivity index is 2.53. The van der Waals surface area contributed by atoms with Gasteiger partial charge in [-0.05, 0) is 68.4 Å². The monoisotopic (exact) mass is 231 g/mol. The van der Waals surface area contributed by atoms with E-state index in [2.05, 4.69) is 39.1 Å². The highest BCUT2D eigenvalue weighted by Crippen LogP contribution is 2.32. The molecule has 92 valence electrons. The molecule has 0 spiro atoms. The molecule has 1 aliphatic rings. The van der Waals surface area contributed by atoms with Gasteiger partial charge in [0.05, 0.1) is 5.92 Å². The summed E-state index contributed by atoms with van der Waals surface area (Å²) in [5.74, 6) is 0.259. The quantitative estimate of drug-likeness (QED) is 0.791. The van der Waals surface area contributed by atoms with Crippen molar-refractivity contribution in [2.75, 3.05) is 6.54 Å². The molecular weight excluding hydrogens is 210 g/mol. The largest absolute Gasteiger partial charge is 0.356 e. The topological polar surface area (TPSA) is 29.1 Å². The van der Waals surface area contributed by atoms with Gasteiger partial charge in [-0.1, -0.05) is 6.07 Å². The van der Waals surface area contributed by atoms with Crippen molar-refractivity contribution < 1.29 is 4.79 Å². The molecule has 1 aromatic rings. The number of carbonyl (C=O) groups excluding carboxylic acids is 1. The van der Waals surface area contributed by atoms with Crippen molar-refractivity contribution in [1.29, 1.82) is 0 Å². The molecule has 1 amide bonds. The van der Waals surface area contributed by atoms with Gasteiger partial charge in [0, 0.05) is 6.54 Å². The number of hydrogen-bond donors (Lipinski definition) is 1. The van der Waals surface area contributed by atoms with Gasteiger partial charge in [-0.3, -0.25) is 4.79 Å². The smallest absolute Gasteiger partial charge is 0.227 e. The van der Waals surface area contributed by atoms with Gasteiger partial charge < -0.3 is 5.32 Å². The summed E-state index contributed by atoms with van der Waals surface area (Å²) in [5.41, 5.74) is 6.42. The first-order chi connectivity index (χ1) is 8.02. The van der Waals surface area contributed by atoms with Gasteiger partial charge in [-0.2, -0.15) is 0 Å². The molecule has 1 aliphatic heterocycles. The van der Waals surface area contributed by atoms with Crippen molar-refractivity contribution in [3.05, 3.63) is 33.9 Å². The van der Waals surface area contributed by atoms with E-state index in [1.807, 2.05) is 0 Å². The zero-order valence-corrected chi connectivity index (χ0v) is 11.2. The summed E-state index contributed by atoms with van der Waals surface area (Å²) >= 11 is 0. The third-order valence-corrected chi connectivity index (χ3v) is 4.06. The zero-order chi connectivity index (χ0) is 12.6. The molecule has 0 aromatic heterocycles. The maximum Gasteiger partial charge on any atom is 0.227 e. The van der Waals surface area contributed by atoms with E-state index in [9.17, 15) is 4.79 Å². The fourth-order valence-corrected chi connectivity index (χ4v) is 2.82. The van der Waals surface area contributed by atoms with Crippen LogP contribution in [0.1, 0.15) is 46.6 Å². The van der Waals surface area contributed by atoms with Crippen molar-refractivity contribution in [2.24, 2.45) is 0 Å². The van der Waals surface area contributed by atoms with Gasteiger partial charge in [0.1, 0.15) is 0 Å². The predicted molar refractivity (Wildman–Crippen MR) is 70.4 cm³/mol. The van der Waals surface area contributed by atoms with Crippen LogP contribution in [0.3, 0.4) is 0 Å². The van der Waals surface area contributed by atoms with Gasteiger partial charge in [-0.15, -0.1) is 0 Å². The number of piperidine rings is 1. The Morgan fingerprint density at radius 1 is 1.12 bits per heavy atom. The minimum Gasteiger partial charge on any atom is -0.356 e. The highest BCUT2D eigenvalue weighted by atomic mass is 16.1. The minimum absolute atomic E-state index is 0.0577. The Hall–Kier alpha value is -1.31. The molecule has 1 atom stereocenters. The van der Waals surface area contributed by atoms with Crippen LogP contribution in [0.4, 0.5) is 0 Å². The Bertz CT molecular complexity index is 436. The van der Waals surface area contributed by atoms with E-state index in [1.54, 1.807) is 0 Å². The molecule has 1 unspecified atom stereocenters. The van der Waals surface area contributed by atoms with E-state index in [0.29, 0.717) is 0 Å². The standard InChI is InChI=1S/C15H21NO/c1-9-8-10(2)12(4)14(11(9)3)13-6-5-7-16-15(13)17/h8,13H,5-7H2,1-4H3,(H,16,17). The number of carbonyl (C=O) groups is 1. The van der Waals surface area contributed by atoms with Crippen LogP contribution in [0.5, 0.6) is 0 Å². The molecule has 2 heteroatoms. The summed E-state index contributed by atoms with van der Waals surface area (Å²) in [6.07, 6.45) is 2.07. The van der Waals surface area contributed by atoms with E-state index in [0.717, 1.165) is 19.4 Å². The first kappa shape index (κ1) is 12.2. The van der Waals surface area contributed by atoms with Crippen LogP contribution in [0, 0.1) is 27.7 Å². The second kappa shape index (κ2) is 4.52. The average molecular weight is 231 g/mol. The highest BCUT2D eigenvalue weighted by molar-refractivity contribution is 5.85. The molecule has 2 rings (SSSR count). The molecule has 0 saturated carbocycles. The molecule has 1 N–H and O–H groups in total. The Labute approximate surface area is 103 Å². The van der Waals surface area contributed by atoms with Crippen LogP contribution < -0.4 is 5.32 Å². The molecule has 1 heterocycles. The second-order valence-corrected chi connectivity index (χ2v) is 5.16. The first-order valence-electron chi connectivity index (χ1n) is 6.37. The molecule has 2 nitrogen and oxygen atoms in total. The number of hydrogen-bond acceptors (Lipinski definition) is 1. The normalized spacial score (nSPS) is 20.2. The van der Waals surface area contributed by atoms with Crippen molar-refractivity contribution >= 4 is 5.91 Å². The van der Waals surface area contributed by atoms with Crippen LogP contribution in [0.25, 0.3) is 0 Å². The third kappa shape index (κ3) is 2.08. The lowest BCUT2D eigenvalue weighted by molar-refractivity contribution is -0.123. The molecule has 0 bridgehead atoms. The maximum atomic E-state index is 12.0. The van der Waals surface area contributed by atoms with Gasteiger partial charge >= 0.3 is 0 Å². The number of nitrogens with one attached hydrogen (secondary N) is 1. The molecule has 0 aliphatic carbocycles. The fourth-order valence-electron chi connectivity index (χ4n) is 2.82. The van der Waals surface area contributed by atoms with Gasteiger partial charge in [-0.25, -0.2) is 0 Å². The van der Waals surface area contributed by atoms with E-state index >= 15 is 0 Å². The summed E-state index contributed by atoms with van der Waals surface area (Å²) in [5, 5.41) is 2.99. The Morgan fingerprint density at radius 3 is 2.24 bits per heavy atom. The third-order valence-electron chi connectivity index (χ3n) is 4.06. The van der Waals surface area contributed by atoms with Crippen molar-refractivity contribution in [3.63, 3.8) is 0 Å². The number of amides is 1. The summed E-state index contributed by atoms with van der Waals surface area (Å²) in [4.78, 5) is 12.0. The van der Waals surface area contributed by atoms with Crippen molar-refractivity contribution in [2.45, 2.75) is 46.5 Å². The highest BCUT2D eigenvalue weighted by Gasteiger charge is 2.27. The van der Waals surface area contributed by atoms with Gasteiger partial charge in [0.25, 0.3) is 0 Å². The summed E-state index contributed by atoms with van der Waals surface area (Å²) in [7, 11) is 0. The average Bonchev–Trinajstić information content (AvgIpc) is 2.29. The van der Waals surface area contributed by atoms with E-state index < -0.39 is 0 Å². The molecule has 1 fully saturated rings. The molecule has 1 saturated heterocycles. The zero-order valence-electron chi connectivity index (χ0n) is 11.2. The SMILES string of the molecule is Cc1cc(C)c(C)c(C2CCCNC2=O)c1C.